The molecule has 1 heterocycles. The third-order valence-corrected chi connectivity index (χ3v) is 5.48. The van der Waals surface area contributed by atoms with Gasteiger partial charge in [-0.05, 0) is 83.1 Å². The molecule has 0 saturated heterocycles. The zero-order valence-corrected chi connectivity index (χ0v) is 17.8. The Balaban J connectivity index is 1.60. The maximum absolute atomic E-state index is 11.9. The van der Waals surface area contributed by atoms with Gasteiger partial charge in [-0.3, -0.25) is 0 Å². The lowest BCUT2D eigenvalue weighted by molar-refractivity contribution is -0.0128. The van der Waals surface area contributed by atoms with Gasteiger partial charge in [0, 0.05) is 22.5 Å². The molecule has 3 rings (SSSR count). The van der Waals surface area contributed by atoms with Crippen molar-refractivity contribution in [1.82, 2.24) is 5.32 Å². The number of aliphatic hydroxyl groups is 1. The summed E-state index contributed by atoms with van der Waals surface area (Å²) in [6, 6.07) is 6.60. The van der Waals surface area contributed by atoms with Crippen molar-refractivity contribution < 1.29 is 19.1 Å². The first-order valence-corrected chi connectivity index (χ1v) is 10.4. The molecule has 7 heteroatoms. The Morgan fingerprint density at radius 2 is 2.00 bits per heavy atom. The number of benzene rings is 1. The van der Waals surface area contributed by atoms with Crippen LogP contribution in [0.15, 0.2) is 33.5 Å². The molecule has 1 aliphatic rings. The number of carbonyl (C=O) groups is 1. The van der Waals surface area contributed by atoms with E-state index in [1.807, 2.05) is 20.8 Å². The second-order valence-corrected chi connectivity index (χ2v) is 9.32. The molecule has 1 fully saturated rings. The van der Waals surface area contributed by atoms with E-state index in [0.717, 1.165) is 10.9 Å². The third-order valence-electron chi connectivity index (χ3n) is 5.26. The third kappa shape index (κ3) is 5.97. The van der Waals surface area contributed by atoms with Gasteiger partial charge in [0.1, 0.15) is 11.2 Å². The lowest BCUT2D eigenvalue weighted by Crippen LogP contribution is -2.45. The number of amides is 1. The van der Waals surface area contributed by atoms with Crippen LogP contribution in [0.5, 0.6) is 0 Å². The van der Waals surface area contributed by atoms with Crippen molar-refractivity contribution in [3.63, 3.8) is 0 Å². The topological polar surface area (TPSA) is 88.8 Å². The molecule has 1 aromatic carbocycles. The number of fused-ring (bicyclic) bond motifs is 1. The molecule has 1 amide bonds. The lowest BCUT2D eigenvalue weighted by atomic mass is 9.79. The predicted molar refractivity (Wildman–Crippen MR) is 112 cm³/mol. The molecule has 0 bridgehead atoms. The highest BCUT2D eigenvalue weighted by molar-refractivity contribution is 6.31. The van der Waals surface area contributed by atoms with Crippen molar-refractivity contribution in [2.24, 2.45) is 0 Å². The number of hydrogen-bond acceptors (Lipinski definition) is 5. The lowest BCUT2D eigenvalue weighted by Gasteiger charge is -2.36. The van der Waals surface area contributed by atoms with Crippen molar-refractivity contribution in [3.8, 4) is 0 Å². The molecule has 29 heavy (non-hydrogen) atoms. The van der Waals surface area contributed by atoms with E-state index in [-0.39, 0.29) is 6.04 Å². The van der Waals surface area contributed by atoms with E-state index in [0.29, 0.717) is 49.1 Å². The summed E-state index contributed by atoms with van der Waals surface area (Å²) in [5.74, 6) is 0. The smallest absolute Gasteiger partial charge is 0.407 e. The molecule has 2 N–H and O–H groups in total. The van der Waals surface area contributed by atoms with Gasteiger partial charge in [0.2, 0.25) is 0 Å². The molecule has 6 nitrogen and oxygen atoms in total. The molecule has 158 valence electrons. The molecule has 0 unspecified atom stereocenters. The average Bonchev–Trinajstić information content (AvgIpc) is 2.61. The molecule has 1 aromatic heterocycles. The van der Waals surface area contributed by atoms with E-state index < -0.39 is 22.9 Å². The van der Waals surface area contributed by atoms with E-state index >= 15 is 0 Å². The minimum Gasteiger partial charge on any atom is -0.444 e. The second kappa shape index (κ2) is 8.36. The van der Waals surface area contributed by atoms with Crippen molar-refractivity contribution in [1.29, 1.82) is 0 Å². The molecule has 0 aliphatic heterocycles. The van der Waals surface area contributed by atoms with Gasteiger partial charge in [0.15, 0.2) is 0 Å². The summed E-state index contributed by atoms with van der Waals surface area (Å²) in [5.41, 5.74) is -0.434. The minimum atomic E-state index is -0.824. The van der Waals surface area contributed by atoms with Crippen LogP contribution in [0.4, 0.5) is 4.79 Å². The number of carbonyl (C=O) groups excluding carboxylic acids is 1. The van der Waals surface area contributed by atoms with E-state index in [1.54, 1.807) is 18.2 Å². The van der Waals surface area contributed by atoms with Gasteiger partial charge in [0.25, 0.3) is 0 Å². The van der Waals surface area contributed by atoms with E-state index in [2.05, 4.69) is 5.32 Å². The largest absolute Gasteiger partial charge is 0.444 e. The summed E-state index contributed by atoms with van der Waals surface area (Å²) in [6.45, 7) is 5.48. The number of aryl methyl sites for hydroxylation is 1. The quantitative estimate of drug-likeness (QED) is 0.705. The Kier molecular flexibility index (Phi) is 6.24. The van der Waals surface area contributed by atoms with Gasteiger partial charge in [-0.25, -0.2) is 9.59 Å². The number of rotatable bonds is 4. The number of halogens is 1. The number of alkyl carbamates (subject to hydrolysis) is 1. The zero-order chi connectivity index (χ0) is 21.2. The first kappa shape index (κ1) is 21.7. The van der Waals surface area contributed by atoms with Crippen LogP contribution in [0.3, 0.4) is 0 Å². The fourth-order valence-electron chi connectivity index (χ4n) is 3.79. The van der Waals surface area contributed by atoms with Gasteiger partial charge in [0.05, 0.1) is 5.60 Å². The Hall–Kier alpha value is -2.05. The van der Waals surface area contributed by atoms with Crippen molar-refractivity contribution in [2.45, 2.75) is 76.5 Å². The molecular formula is C22H28ClNO5. The van der Waals surface area contributed by atoms with Crippen molar-refractivity contribution in [2.75, 3.05) is 0 Å². The first-order valence-electron chi connectivity index (χ1n) is 9.97. The van der Waals surface area contributed by atoms with Crippen molar-refractivity contribution in [3.05, 3.63) is 45.3 Å². The maximum atomic E-state index is 11.9. The highest BCUT2D eigenvalue weighted by Gasteiger charge is 2.34. The fourth-order valence-corrected chi connectivity index (χ4v) is 4.04. The Morgan fingerprint density at radius 3 is 2.66 bits per heavy atom. The molecule has 2 aromatic rings. The van der Waals surface area contributed by atoms with Gasteiger partial charge in [-0.1, -0.05) is 11.6 Å². The molecule has 1 saturated carbocycles. The summed E-state index contributed by atoms with van der Waals surface area (Å²) in [7, 11) is 0. The zero-order valence-electron chi connectivity index (χ0n) is 17.1. The fraction of sp³-hybridized carbons (Fsp3) is 0.545. The van der Waals surface area contributed by atoms with Gasteiger partial charge in [-0.2, -0.15) is 0 Å². The molecular weight excluding hydrogens is 394 g/mol. The molecule has 1 aliphatic carbocycles. The number of hydrogen-bond donors (Lipinski definition) is 2. The van der Waals surface area contributed by atoms with E-state index in [4.69, 9.17) is 20.8 Å². The monoisotopic (exact) mass is 421 g/mol. The molecule has 0 radical (unpaired) electrons. The first-order chi connectivity index (χ1) is 13.5. The summed E-state index contributed by atoms with van der Waals surface area (Å²) >= 11 is 6.20. The van der Waals surface area contributed by atoms with Crippen LogP contribution in [0.2, 0.25) is 5.02 Å². The van der Waals surface area contributed by atoms with Crippen LogP contribution >= 0.6 is 11.6 Å². The standard InChI is InChI=1S/C22H28ClNO5/c1-21(2,3)29-20(26)24-17-7-10-22(27,11-8-17)9-6-15-13-16(23)12-14-4-5-18(25)28-19(14)15/h4-5,12-13,17,27H,6-11H2,1-3H3,(H,24,26)/t17-,22+. The van der Waals surface area contributed by atoms with Crippen LogP contribution in [0, 0.1) is 0 Å². The minimum absolute atomic E-state index is 0.00449. The van der Waals surface area contributed by atoms with Gasteiger partial charge >= 0.3 is 11.7 Å². The summed E-state index contributed by atoms with van der Waals surface area (Å²) in [4.78, 5) is 23.5. The van der Waals surface area contributed by atoms with Gasteiger partial charge in [-0.15, -0.1) is 0 Å². The predicted octanol–water partition coefficient (Wildman–Crippen LogP) is 4.58. The van der Waals surface area contributed by atoms with Crippen LogP contribution in [-0.4, -0.2) is 28.4 Å². The van der Waals surface area contributed by atoms with Crippen LogP contribution in [0.1, 0.15) is 58.4 Å². The molecule has 0 spiro atoms. The van der Waals surface area contributed by atoms with E-state index in [1.165, 1.54) is 6.07 Å². The summed E-state index contributed by atoms with van der Waals surface area (Å²) < 4.78 is 10.7. The Bertz CT molecular complexity index is 938. The number of nitrogens with one attached hydrogen (secondary N) is 1. The highest BCUT2D eigenvalue weighted by Crippen LogP contribution is 2.34. The Morgan fingerprint density at radius 1 is 1.31 bits per heavy atom. The Labute approximate surface area is 175 Å². The van der Waals surface area contributed by atoms with Crippen molar-refractivity contribution >= 4 is 28.7 Å². The highest BCUT2D eigenvalue weighted by atomic mass is 35.5. The maximum Gasteiger partial charge on any atom is 0.407 e. The normalized spacial score (nSPS) is 22.4. The van der Waals surface area contributed by atoms with Crippen LogP contribution in [-0.2, 0) is 11.2 Å². The average molecular weight is 422 g/mol. The van der Waals surface area contributed by atoms with Crippen LogP contribution in [0.25, 0.3) is 11.0 Å². The number of ether oxygens (including phenoxy) is 1. The molecule has 0 atom stereocenters. The van der Waals surface area contributed by atoms with Gasteiger partial charge < -0.3 is 19.6 Å². The van der Waals surface area contributed by atoms with E-state index in [9.17, 15) is 14.7 Å². The SMILES string of the molecule is CC(C)(C)OC(=O)N[C@H]1CC[C@](O)(CCc2cc(Cl)cc3ccc(=O)oc23)CC1. The van der Waals surface area contributed by atoms with Crippen LogP contribution < -0.4 is 10.9 Å². The second-order valence-electron chi connectivity index (χ2n) is 8.88. The summed E-state index contributed by atoms with van der Waals surface area (Å²) in [6.07, 6.45) is 3.17. The summed E-state index contributed by atoms with van der Waals surface area (Å²) in [5, 5.41) is 15.2.